The Balaban J connectivity index is 3.16. The van der Waals surface area contributed by atoms with E-state index in [-0.39, 0.29) is 18.9 Å². The molecular weight excluding hydrogens is 196 g/mol. The van der Waals surface area contributed by atoms with Crippen molar-refractivity contribution in [1.82, 2.24) is 4.98 Å². The van der Waals surface area contributed by atoms with Crippen LogP contribution in [0.3, 0.4) is 0 Å². The molecule has 0 aromatic carbocycles. The number of carbonyl (C=O) groups is 1. The third-order valence-electron chi connectivity index (χ3n) is 2.08. The summed E-state index contributed by atoms with van der Waals surface area (Å²) in [5.74, 6) is -0.508. The van der Waals surface area contributed by atoms with E-state index in [1.165, 1.54) is 0 Å². The molecule has 0 aliphatic heterocycles. The number of aliphatic hydroxyl groups excluding tert-OH is 1. The van der Waals surface area contributed by atoms with E-state index >= 15 is 0 Å². The summed E-state index contributed by atoms with van der Waals surface area (Å²) in [5.41, 5.74) is 1.40. The molecule has 1 aromatic rings. The highest BCUT2D eigenvalue weighted by Gasteiger charge is 2.19. The lowest BCUT2D eigenvalue weighted by Gasteiger charge is -1.99. The number of aliphatic hydroxyl groups is 1. The van der Waals surface area contributed by atoms with E-state index in [0.717, 1.165) is 0 Å². The molecule has 0 aliphatic carbocycles. The molecule has 0 radical (unpaired) electrons. The van der Waals surface area contributed by atoms with Crippen molar-refractivity contribution in [2.75, 3.05) is 6.61 Å². The molecule has 2 N–H and O–H groups in total. The van der Waals surface area contributed by atoms with Crippen LogP contribution in [-0.4, -0.2) is 22.7 Å². The van der Waals surface area contributed by atoms with Crippen LogP contribution in [0.5, 0.6) is 0 Å². The smallest absolute Gasteiger partial charge is 0.355 e. The average Bonchev–Trinajstić information content (AvgIpc) is 2.55. The van der Waals surface area contributed by atoms with Gasteiger partial charge in [-0.15, -0.1) is 0 Å². The number of hydrogen-bond donors (Lipinski definition) is 2. The number of aromatic amines is 1. The van der Waals surface area contributed by atoms with Crippen LogP contribution in [-0.2, 0) is 11.3 Å². The van der Waals surface area contributed by atoms with Gasteiger partial charge in [0.25, 0.3) is 0 Å². The zero-order chi connectivity index (χ0) is 11.4. The summed E-state index contributed by atoms with van der Waals surface area (Å²) in [7, 11) is 0. The predicted molar refractivity (Wildman–Crippen MR) is 52.1 cm³/mol. The standard InChI is InChI=1S/C10H12N2O3/c1-3-15-10(14)9-6(2)7(4-11)8(5-13)12-9/h12-13H,3,5H2,1-2H3. The molecule has 1 aromatic heterocycles. The van der Waals surface area contributed by atoms with Gasteiger partial charge in [0.1, 0.15) is 11.8 Å². The highest BCUT2D eigenvalue weighted by atomic mass is 16.5. The molecule has 80 valence electrons. The van der Waals surface area contributed by atoms with E-state index in [9.17, 15) is 4.79 Å². The lowest BCUT2D eigenvalue weighted by atomic mass is 10.1. The summed E-state index contributed by atoms with van der Waals surface area (Å²) in [6.45, 7) is 3.31. The molecule has 5 heteroatoms. The largest absolute Gasteiger partial charge is 0.461 e. The number of H-pyrrole nitrogens is 1. The van der Waals surface area contributed by atoms with Crippen molar-refractivity contribution >= 4 is 5.97 Å². The normalized spacial score (nSPS) is 9.73. The number of esters is 1. The van der Waals surface area contributed by atoms with Gasteiger partial charge in [-0.1, -0.05) is 0 Å². The van der Waals surface area contributed by atoms with Gasteiger partial charge in [-0.3, -0.25) is 0 Å². The van der Waals surface area contributed by atoms with E-state index in [0.29, 0.717) is 16.8 Å². The summed E-state index contributed by atoms with van der Waals surface area (Å²) in [5, 5.41) is 17.8. The van der Waals surface area contributed by atoms with Crippen LogP contribution in [0.15, 0.2) is 0 Å². The van der Waals surface area contributed by atoms with Gasteiger partial charge in [-0.25, -0.2) is 4.79 Å². The van der Waals surface area contributed by atoms with E-state index in [1.54, 1.807) is 13.8 Å². The Morgan fingerprint density at radius 2 is 2.33 bits per heavy atom. The lowest BCUT2D eigenvalue weighted by molar-refractivity contribution is 0.0519. The van der Waals surface area contributed by atoms with Crippen molar-refractivity contribution in [2.24, 2.45) is 0 Å². The number of nitrogens with one attached hydrogen (secondary N) is 1. The Morgan fingerprint density at radius 3 is 2.73 bits per heavy atom. The summed E-state index contributed by atoms with van der Waals surface area (Å²) >= 11 is 0. The number of rotatable bonds is 3. The highest BCUT2D eigenvalue weighted by Crippen LogP contribution is 2.18. The Hall–Kier alpha value is -1.80. The maximum atomic E-state index is 11.4. The number of nitriles is 1. The molecule has 0 saturated heterocycles. The second-order valence-corrected chi connectivity index (χ2v) is 2.97. The van der Waals surface area contributed by atoms with Gasteiger partial charge < -0.3 is 14.8 Å². The molecule has 0 atom stereocenters. The topological polar surface area (TPSA) is 86.1 Å². The second-order valence-electron chi connectivity index (χ2n) is 2.97. The number of nitrogens with zero attached hydrogens (tertiary/aromatic N) is 1. The molecule has 15 heavy (non-hydrogen) atoms. The van der Waals surface area contributed by atoms with Crippen molar-refractivity contribution in [3.63, 3.8) is 0 Å². The molecule has 0 saturated carbocycles. The quantitative estimate of drug-likeness (QED) is 0.721. The monoisotopic (exact) mass is 208 g/mol. The third-order valence-corrected chi connectivity index (χ3v) is 2.08. The fraction of sp³-hybridized carbons (Fsp3) is 0.400. The van der Waals surface area contributed by atoms with E-state index in [2.05, 4.69) is 4.98 Å². The van der Waals surface area contributed by atoms with Crippen LogP contribution in [0.1, 0.15) is 34.2 Å². The van der Waals surface area contributed by atoms with E-state index < -0.39 is 5.97 Å². The van der Waals surface area contributed by atoms with Crippen molar-refractivity contribution in [2.45, 2.75) is 20.5 Å². The first-order valence-electron chi connectivity index (χ1n) is 4.55. The summed E-state index contributed by atoms with van der Waals surface area (Å²) in [4.78, 5) is 14.1. The fourth-order valence-electron chi connectivity index (χ4n) is 1.34. The number of hydrogen-bond acceptors (Lipinski definition) is 4. The van der Waals surface area contributed by atoms with Gasteiger partial charge in [-0.05, 0) is 19.4 Å². The minimum Gasteiger partial charge on any atom is -0.461 e. The maximum absolute atomic E-state index is 11.4. The number of aromatic nitrogens is 1. The molecule has 0 unspecified atom stereocenters. The van der Waals surface area contributed by atoms with Crippen LogP contribution in [0.25, 0.3) is 0 Å². The van der Waals surface area contributed by atoms with Gasteiger partial charge in [0.05, 0.1) is 24.5 Å². The summed E-state index contributed by atoms with van der Waals surface area (Å²) in [6.07, 6.45) is 0. The summed E-state index contributed by atoms with van der Waals surface area (Å²) in [6, 6.07) is 1.93. The molecule has 1 rings (SSSR count). The molecular formula is C10H12N2O3. The van der Waals surface area contributed by atoms with Crippen LogP contribution >= 0.6 is 0 Å². The Bertz CT molecular complexity index is 415. The van der Waals surface area contributed by atoms with Gasteiger partial charge in [-0.2, -0.15) is 5.26 Å². The van der Waals surface area contributed by atoms with Gasteiger partial charge in [0.2, 0.25) is 0 Å². The van der Waals surface area contributed by atoms with Crippen molar-refractivity contribution in [3.8, 4) is 6.07 Å². The van der Waals surface area contributed by atoms with Gasteiger partial charge in [0, 0.05) is 0 Å². The van der Waals surface area contributed by atoms with E-state index in [4.69, 9.17) is 15.1 Å². The summed E-state index contributed by atoms with van der Waals surface area (Å²) < 4.78 is 4.80. The molecule has 5 nitrogen and oxygen atoms in total. The van der Waals surface area contributed by atoms with Crippen LogP contribution in [0, 0.1) is 18.3 Å². The Morgan fingerprint density at radius 1 is 1.67 bits per heavy atom. The van der Waals surface area contributed by atoms with Gasteiger partial charge in [0.15, 0.2) is 0 Å². The molecule has 1 heterocycles. The maximum Gasteiger partial charge on any atom is 0.355 e. The Kier molecular flexibility index (Phi) is 3.47. The molecule has 0 spiro atoms. The highest BCUT2D eigenvalue weighted by molar-refractivity contribution is 5.90. The number of carbonyl (C=O) groups excluding carboxylic acids is 1. The van der Waals surface area contributed by atoms with Crippen molar-refractivity contribution < 1.29 is 14.6 Å². The minimum atomic E-state index is -0.508. The first kappa shape index (κ1) is 11.3. The minimum absolute atomic E-state index is 0.234. The zero-order valence-corrected chi connectivity index (χ0v) is 8.63. The first-order valence-corrected chi connectivity index (χ1v) is 4.55. The number of ether oxygens (including phenoxy) is 1. The molecule has 0 bridgehead atoms. The van der Waals surface area contributed by atoms with Crippen molar-refractivity contribution in [1.29, 1.82) is 5.26 Å². The van der Waals surface area contributed by atoms with Crippen LogP contribution in [0.2, 0.25) is 0 Å². The SMILES string of the molecule is CCOC(=O)c1[nH]c(CO)c(C#N)c1C. The van der Waals surface area contributed by atoms with Crippen LogP contribution in [0.4, 0.5) is 0 Å². The Labute approximate surface area is 87.3 Å². The van der Waals surface area contributed by atoms with E-state index in [1.807, 2.05) is 6.07 Å². The third kappa shape index (κ3) is 2.00. The average molecular weight is 208 g/mol. The zero-order valence-electron chi connectivity index (χ0n) is 8.63. The van der Waals surface area contributed by atoms with Gasteiger partial charge >= 0.3 is 5.97 Å². The fourth-order valence-corrected chi connectivity index (χ4v) is 1.34. The lowest BCUT2D eigenvalue weighted by Crippen LogP contribution is -2.06. The molecule has 0 amide bonds. The van der Waals surface area contributed by atoms with Crippen molar-refractivity contribution in [3.05, 3.63) is 22.5 Å². The molecule has 0 aliphatic rings. The first-order chi connectivity index (χ1) is 7.15. The predicted octanol–water partition coefficient (Wildman–Crippen LogP) is 0.864. The van der Waals surface area contributed by atoms with Crippen LogP contribution < -0.4 is 0 Å². The second kappa shape index (κ2) is 4.62. The molecule has 0 fully saturated rings.